The third kappa shape index (κ3) is 11.1. The Labute approximate surface area is 128 Å². The second-order valence-electron chi connectivity index (χ2n) is 2.88. The topological polar surface area (TPSA) is 77.4 Å². The number of aliphatic carboxylic acids is 1. The number of carboxylic acid groups (broad SMARTS) is 2. The summed E-state index contributed by atoms with van der Waals surface area (Å²) < 4.78 is 0. The maximum Gasteiger partial charge on any atom is 1.00 e. The fourth-order valence-corrected chi connectivity index (χ4v) is 0.823. The molecule has 0 amide bonds. The van der Waals surface area contributed by atoms with Crippen molar-refractivity contribution in [2.75, 3.05) is 0 Å². The van der Waals surface area contributed by atoms with Gasteiger partial charge in [0.2, 0.25) is 0 Å². The number of hydrogen-bond acceptors (Lipinski definition) is 3. The molecule has 0 unspecified atom stereocenters. The Morgan fingerprint density at radius 2 is 1.72 bits per heavy atom. The van der Waals surface area contributed by atoms with E-state index in [0.29, 0.717) is 0 Å². The third-order valence-electron chi connectivity index (χ3n) is 1.55. The van der Waals surface area contributed by atoms with E-state index in [9.17, 15) is 14.7 Å². The van der Waals surface area contributed by atoms with Crippen LogP contribution in [0, 0.1) is 0 Å². The van der Waals surface area contributed by atoms with Gasteiger partial charge in [0.05, 0.1) is 5.97 Å². The van der Waals surface area contributed by atoms with Crippen molar-refractivity contribution in [1.29, 1.82) is 0 Å². The Morgan fingerprint density at radius 3 is 2.06 bits per heavy atom. The molecule has 0 aliphatic carbocycles. The first-order valence-electron chi connectivity index (χ1n) is 4.86. The molecule has 0 aliphatic heterocycles. The van der Waals surface area contributed by atoms with Crippen molar-refractivity contribution >= 4 is 11.9 Å². The van der Waals surface area contributed by atoms with Crippen molar-refractivity contribution in [2.24, 2.45) is 0 Å². The van der Waals surface area contributed by atoms with Crippen LogP contribution in [0.4, 0.5) is 0 Å². The first-order valence-corrected chi connectivity index (χ1v) is 4.86. The van der Waals surface area contributed by atoms with Gasteiger partial charge in [-0.05, 0) is 12.5 Å². The SMILES string of the molecule is CC=CC=CC(=O)O.O=C([O-])c1ccccc1.[Na+]. The van der Waals surface area contributed by atoms with E-state index in [1.165, 1.54) is 18.2 Å². The predicted octanol–water partition coefficient (Wildman–Crippen LogP) is -1.74. The normalized spacial score (nSPS) is 9.39. The molecule has 0 atom stereocenters. The molecular weight excluding hydrogens is 243 g/mol. The van der Waals surface area contributed by atoms with Crippen LogP contribution in [0.5, 0.6) is 0 Å². The summed E-state index contributed by atoms with van der Waals surface area (Å²) in [5.74, 6) is -2.04. The molecule has 4 nitrogen and oxygen atoms in total. The van der Waals surface area contributed by atoms with Crippen LogP contribution in [-0.2, 0) is 4.79 Å². The Balaban J connectivity index is 0. The summed E-state index contributed by atoms with van der Waals surface area (Å²) in [4.78, 5) is 19.8. The van der Waals surface area contributed by atoms with E-state index in [-0.39, 0.29) is 35.1 Å². The van der Waals surface area contributed by atoms with Gasteiger partial charge in [-0.1, -0.05) is 48.6 Å². The second kappa shape index (κ2) is 12.1. The molecule has 1 aromatic carbocycles. The van der Waals surface area contributed by atoms with Crippen LogP contribution in [0.3, 0.4) is 0 Å². The van der Waals surface area contributed by atoms with Crippen molar-refractivity contribution < 1.29 is 49.4 Å². The molecule has 0 bridgehead atoms. The van der Waals surface area contributed by atoms with E-state index >= 15 is 0 Å². The zero-order valence-corrected chi connectivity index (χ0v) is 12.4. The zero-order chi connectivity index (χ0) is 13.1. The van der Waals surface area contributed by atoms with Gasteiger partial charge in [-0.2, -0.15) is 0 Å². The van der Waals surface area contributed by atoms with Gasteiger partial charge in [0.1, 0.15) is 0 Å². The summed E-state index contributed by atoms with van der Waals surface area (Å²) in [5.41, 5.74) is 0.220. The van der Waals surface area contributed by atoms with E-state index in [1.54, 1.807) is 30.4 Å². The second-order valence-corrected chi connectivity index (χ2v) is 2.88. The van der Waals surface area contributed by atoms with Crippen molar-refractivity contribution in [3.63, 3.8) is 0 Å². The standard InChI is InChI=1S/C7H6O2.C6H8O2.Na/c8-7(9)6-4-2-1-3-5-6;1-2-3-4-5-6(7)8;/h1-5H,(H,8,9);2-5H,1H3,(H,7,8);/q;;+1/p-1. The molecule has 0 saturated heterocycles. The van der Waals surface area contributed by atoms with Gasteiger partial charge in [0.15, 0.2) is 0 Å². The van der Waals surface area contributed by atoms with E-state index in [0.717, 1.165) is 6.08 Å². The first-order chi connectivity index (χ1) is 8.07. The summed E-state index contributed by atoms with van der Waals surface area (Å²) >= 11 is 0. The van der Waals surface area contributed by atoms with Gasteiger partial charge in [-0.3, -0.25) is 0 Å². The maximum atomic E-state index is 10.1. The van der Waals surface area contributed by atoms with Gasteiger partial charge in [-0.25, -0.2) is 4.79 Å². The van der Waals surface area contributed by atoms with E-state index in [2.05, 4.69) is 0 Å². The van der Waals surface area contributed by atoms with Gasteiger partial charge < -0.3 is 15.0 Å². The predicted molar refractivity (Wildman–Crippen MR) is 62.4 cm³/mol. The van der Waals surface area contributed by atoms with E-state index < -0.39 is 11.9 Å². The van der Waals surface area contributed by atoms with Crippen molar-refractivity contribution in [1.82, 2.24) is 0 Å². The molecule has 1 aromatic rings. The van der Waals surface area contributed by atoms with Crippen LogP contribution in [-0.4, -0.2) is 17.0 Å². The Kier molecular flexibility index (Phi) is 12.8. The Bertz CT molecular complexity index is 410. The molecule has 0 aromatic heterocycles. The minimum atomic E-state index is -1.13. The fraction of sp³-hybridized carbons (Fsp3) is 0.0769. The number of benzene rings is 1. The summed E-state index contributed by atoms with van der Waals surface area (Å²) in [6, 6.07) is 8.06. The molecule has 0 radical (unpaired) electrons. The van der Waals surface area contributed by atoms with Crippen LogP contribution >= 0.6 is 0 Å². The van der Waals surface area contributed by atoms with Gasteiger partial charge in [0.25, 0.3) is 0 Å². The minimum Gasteiger partial charge on any atom is -0.545 e. The van der Waals surface area contributed by atoms with Gasteiger partial charge in [-0.15, -0.1) is 0 Å². The first kappa shape index (κ1) is 19.0. The van der Waals surface area contributed by atoms with Gasteiger partial charge in [0, 0.05) is 6.08 Å². The minimum absolute atomic E-state index is 0. The number of carboxylic acids is 2. The average Bonchev–Trinajstić information content (AvgIpc) is 2.31. The third-order valence-corrected chi connectivity index (χ3v) is 1.55. The molecular formula is C13H13NaO4. The molecule has 90 valence electrons. The molecule has 18 heavy (non-hydrogen) atoms. The molecule has 0 aliphatic rings. The Morgan fingerprint density at radius 1 is 1.17 bits per heavy atom. The summed E-state index contributed by atoms with van der Waals surface area (Å²) in [7, 11) is 0. The van der Waals surface area contributed by atoms with E-state index in [1.807, 2.05) is 6.92 Å². The smallest absolute Gasteiger partial charge is 0.545 e. The summed E-state index contributed by atoms with van der Waals surface area (Å²) in [5, 5.41) is 18.1. The summed E-state index contributed by atoms with van der Waals surface area (Å²) in [6.07, 6.45) is 5.98. The van der Waals surface area contributed by atoms with Crippen LogP contribution in [0.1, 0.15) is 17.3 Å². The summed E-state index contributed by atoms with van der Waals surface area (Å²) in [6.45, 7) is 1.83. The molecule has 0 fully saturated rings. The van der Waals surface area contributed by atoms with Crippen LogP contribution in [0.2, 0.25) is 0 Å². The maximum absolute atomic E-state index is 10.1. The fourth-order valence-electron chi connectivity index (χ4n) is 0.823. The number of carbonyl (C=O) groups is 2. The molecule has 1 rings (SSSR count). The monoisotopic (exact) mass is 256 g/mol. The largest absolute Gasteiger partial charge is 1.00 e. The van der Waals surface area contributed by atoms with Gasteiger partial charge >= 0.3 is 35.5 Å². The van der Waals surface area contributed by atoms with Crippen molar-refractivity contribution in [3.8, 4) is 0 Å². The van der Waals surface area contributed by atoms with Crippen LogP contribution in [0.15, 0.2) is 54.6 Å². The molecule has 1 N–H and O–H groups in total. The molecule has 0 heterocycles. The molecule has 0 saturated carbocycles. The number of carbonyl (C=O) groups excluding carboxylic acids is 1. The number of allylic oxidation sites excluding steroid dienone is 3. The Hall–Kier alpha value is -1.36. The molecule has 0 spiro atoms. The number of rotatable bonds is 3. The quantitative estimate of drug-likeness (QED) is 0.395. The zero-order valence-electron chi connectivity index (χ0n) is 10.4. The average molecular weight is 256 g/mol. The number of hydrogen-bond donors (Lipinski definition) is 1. The number of aromatic carboxylic acids is 1. The van der Waals surface area contributed by atoms with Crippen LogP contribution < -0.4 is 34.7 Å². The van der Waals surface area contributed by atoms with Crippen molar-refractivity contribution in [2.45, 2.75) is 6.92 Å². The van der Waals surface area contributed by atoms with Crippen LogP contribution in [0.25, 0.3) is 0 Å². The van der Waals surface area contributed by atoms with Crippen molar-refractivity contribution in [3.05, 3.63) is 60.2 Å². The van der Waals surface area contributed by atoms with E-state index in [4.69, 9.17) is 5.11 Å². The molecule has 5 heteroatoms.